The Morgan fingerprint density at radius 1 is 1.59 bits per heavy atom. The number of carbonyl (C=O) groups excluding carboxylic acids is 1. The summed E-state index contributed by atoms with van der Waals surface area (Å²) in [5.41, 5.74) is 5.32. The van der Waals surface area contributed by atoms with Gasteiger partial charge in [0.1, 0.15) is 5.82 Å². The third kappa shape index (κ3) is 3.26. The van der Waals surface area contributed by atoms with Gasteiger partial charge in [0, 0.05) is 16.4 Å². The summed E-state index contributed by atoms with van der Waals surface area (Å²) in [5.74, 6) is -0.776. The van der Waals surface area contributed by atoms with Crippen molar-refractivity contribution in [1.29, 1.82) is 0 Å². The summed E-state index contributed by atoms with van der Waals surface area (Å²) in [7, 11) is 1.30. The van der Waals surface area contributed by atoms with Gasteiger partial charge in [-0.2, -0.15) is 0 Å². The third-order valence-electron chi connectivity index (χ3n) is 2.79. The van der Waals surface area contributed by atoms with E-state index >= 15 is 0 Å². The summed E-state index contributed by atoms with van der Waals surface area (Å²) in [6, 6.07) is 4.60. The van der Waals surface area contributed by atoms with Crippen LogP contribution in [0.1, 0.15) is 18.9 Å². The second-order valence-electron chi connectivity index (χ2n) is 4.14. The number of nitrogens with two attached hydrogens (primary N) is 1. The molecule has 0 aliphatic rings. The van der Waals surface area contributed by atoms with Crippen LogP contribution in [0, 0.1) is 5.82 Å². The van der Waals surface area contributed by atoms with Gasteiger partial charge < -0.3 is 10.5 Å². The number of esters is 1. The van der Waals surface area contributed by atoms with Gasteiger partial charge in [-0.25, -0.2) is 4.39 Å². The van der Waals surface area contributed by atoms with Gasteiger partial charge in [0.2, 0.25) is 0 Å². The first kappa shape index (κ1) is 14.1. The first-order chi connectivity index (χ1) is 7.92. The highest BCUT2D eigenvalue weighted by Crippen LogP contribution is 2.31. The molecular formula is C12H15BrFNO2. The molecular weight excluding hydrogens is 289 g/mol. The average Bonchev–Trinajstić information content (AvgIpc) is 2.31. The number of ether oxygens (including phenoxy) is 1. The fourth-order valence-electron chi connectivity index (χ4n) is 1.63. The first-order valence-electron chi connectivity index (χ1n) is 5.15. The molecule has 0 aliphatic heterocycles. The number of benzene rings is 1. The van der Waals surface area contributed by atoms with Crippen LogP contribution in [0.25, 0.3) is 0 Å². The van der Waals surface area contributed by atoms with Crippen molar-refractivity contribution >= 4 is 21.9 Å². The molecule has 0 fully saturated rings. The Kier molecular flexibility index (Phi) is 4.65. The standard InChI is InChI=1S/C12H15BrFNO2/c1-12(7-15,6-11(16)17-2)9-5-8(13)3-4-10(9)14/h3-5H,6-7,15H2,1-2H3. The molecule has 0 aliphatic carbocycles. The lowest BCUT2D eigenvalue weighted by Gasteiger charge is -2.27. The number of hydrogen-bond donors (Lipinski definition) is 1. The van der Waals surface area contributed by atoms with Crippen molar-refractivity contribution in [3.63, 3.8) is 0 Å². The fraction of sp³-hybridized carbons (Fsp3) is 0.417. The predicted octanol–water partition coefficient (Wildman–Crippen LogP) is 2.37. The van der Waals surface area contributed by atoms with Crippen molar-refractivity contribution in [2.24, 2.45) is 5.73 Å². The van der Waals surface area contributed by atoms with Gasteiger partial charge in [0.05, 0.1) is 13.5 Å². The molecule has 1 atom stereocenters. The number of rotatable bonds is 4. The van der Waals surface area contributed by atoms with Crippen molar-refractivity contribution in [3.05, 3.63) is 34.1 Å². The number of methoxy groups -OCH3 is 1. The lowest BCUT2D eigenvalue weighted by molar-refractivity contribution is -0.141. The third-order valence-corrected chi connectivity index (χ3v) is 3.28. The smallest absolute Gasteiger partial charge is 0.306 e. The molecule has 0 spiro atoms. The van der Waals surface area contributed by atoms with Gasteiger partial charge in [-0.1, -0.05) is 22.9 Å². The maximum atomic E-state index is 13.8. The van der Waals surface area contributed by atoms with Crippen LogP contribution in [-0.2, 0) is 14.9 Å². The topological polar surface area (TPSA) is 52.3 Å². The normalized spacial score (nSPS) is 14.2. The molecule has 0 radical (unpaired) electrons. The second kappa shape index (κ2) is 5.60. The van der Waals surface area contributed by atoms with Crippen molar-refractivity contribution in [1.82, 2.24) is 0 Å². The second-order valence-corrected chi connectivity index (χ2v) is 5.06. The Hall–Kier alpha value is -0.940. The number of carbonyl (C=O) groups is 1. The molecule has 17 heavy (non-hydrogen) atoms. The van der Waals surface area contributed by atoms with Crippen molar-refractivity contribution in [2.75, 3.05) is 13.7 Å². The van der Waals surface area contributed by atoms with E-state index in [0.29, 0.717) is 5.56 Å². The van der Waals surface area contributed by atoms with E-state index in [1.807, 2.05) is 0 Å². The minimum atomic E-state index is -0.763. The monoisotopic (exact) mass is 303 g/mol. The van der Waals surface area contributed by atoms with Gasteiger partial charge in [0.25, 0.3) is 0 Å². The molecule has 2 N–H and O–H groups in total. The summed E-state index contributed by atoms with van der Waals surface area (Å²) >= 11 is 3.28. The van der Waals surface area contributed by atoms with Crippen LogP contribution >= 0.6 is 15.9 Å². The zero-order valence-electron chi connectivity index (χ0n) is 9.80. The van der Waals surface area contributed by atoms with Gasteiger partial charge in [-0.3, -0.25) is 4.79 Å². The van der Waals surface area contributed by atoms with Gasteiger partial charge in [-0.15, -0.1) is 0 Å². The minimum Gasteiger partial charge on any atom is -0.469 e. The summed E-state index contributed by atoms with van der Waals surface area (Å²) in [4.78, 5) is 11.3. The largest absolute Gasteiger partial charge is 0.469 e. The minimum absolute atomic E-state index is 0.0490. The summed E-state index contributed by atoms with van der Waals surface area (Å²) in [6.07, 6.45) is 0.0490. The highest BCUT2D eigenvalue weighted by Gasteiger charge is 2.31. The maximum absolute atomic E-state index is 13.8. The molecule has 3 nitrogen and oxygen atoms in total. The molecule has 94 valence electrons. The van der Waals surface area contributed by atoms with Crippen LogP contribution in [0.5, 0.6) is 0 Å². The van der Waals surface area contributed by atoms with Crippen LogP contribution in [-0.4, -0.2) is 19.6 Å². The molecule has 0 aromatic heterocycles. The molecule has 1 unspecified atom stereocenters. The van der Waals surface area contributed by atoms with Crippen LogP contribution in [0.4, 0.5) is 4.39 Å². The molecule has 0 amide bonds. The highest BCUT2D eigenvalue weighted by atomic mass is 79.9. The Balaban J connectivity index is 3.15. The molecule has 0 saturated heterocycles. The number of halogens is 2. The van der Waals surface area contributed by atoms with Crippen molar-refractivity contribution in [2.45, 2.75) is 18.8 Å². The Bertz CT molecular complexity index is 425. The van der Waals surface area contributed by atoms with E-state index in [4.69, 9.17) is 5.73 Å². The molecule has 5 heteroatoms. The fourth-order valence-corrected chi connectivity index (χ4v) is 1.99. The van der Waals surface area contributed by atoms with E-state index in [9.17, 15) is 9.18 Å². The summed E-state index contributed by atoms with van der Waals surface area (Å²) < 4.78 is 19.1. The van der Waals surface area contributed by atoms with E-state index in [-0.39, 0.29) is 18.8 Å². The van der Waals surface area contributed by atoms with E-state index in [0.717, 1.165) is 4.47 Å². The lowest BCUT2D eigenvalue weighted by atomic mass is 9.79. The van der Waals surface area contributed by atoms with E-state index in [2.05, 4.69) is 20.7 Å². The SMILES string of the molecule is COC(=O)CC(C)(CN)c1cc(Br)ccc1F. The first-order valence-corrected chi connectivity index (χ1v) is 5.94. The molecule has 1 aromatic carbocycles. The highest BCUT2D eigenvalue weighted by molar-refractivity contribution is 9.10. The van der Waals surface area contributed by atoms with Gasteiger partial charge in [0.15, 0.2) is 0 Å². The van der Waals surface area contributed by atoms with Crippen molar-refractivity contribution in [3.8, 4) is 0 Å². The van der Waals surface area contributed by atoms with Gasteiger partial charge >= 0.3 is 5.97 Å². The Labute approximate surface area is 108 Å². The Morgan fingerprint density at radius 3 is 2.76 bits per heavy atom. The average molecular weight is 304 g/mol. The molecule has 1 rings (SSSR count). The van der Waals surface area contributed by atoms with E-state index < -0.39 is 11.4 Å². The Morgan fingerprint density at radius 2 is 2.24 bits per heavy atom. The number of hydrogen-bond acceptors (Lipinski definition) is 3. The van der Waals surface area contributed by atoms with Crippen LogP contribution in [0.15, 0.2) is 22.7 Å². The summed E-state index contributed by atoms with van der Waals surface area (Å²) in [6.45, 7) is 1.91. The van der Waals surface area contributed by atoms with Crippen LogP contribution in [0.2, 0.25) is 0 Å². The quantitative estimate of drug-likeness (QED) is 0.869. The van der Waals surface area contributed by atoms with Crippen molar-refractivity contribution < 1.29 is 13.9 Å². The molecule has 0 bridgehead atoms. The van der Waals surface area contributed by atoms with Crippen LogP contribution < -0.4 is 5.73 Å². The van der Waals surface area contributed by atoms with E-state index in [1.54, 1.807) is 19.1 Å². The molecule has 0 saturated carbocycles. The molecule has 0 heterocycles. The summed E-state index contributed by atoms with van der Waals surface area (Å²) in [5, 5.41) is 0. The predicted molar refractivity (Wildman–Crippen MR) is 67.1 cm³/mol. The van der Waals surface area contributed by atoms with Gasteiger partial charge in [-0.05, 0) is 23.8 Å². The zero-order valence-corrected chi connectivity index (χ0v) is 11.4. The molecule has 1 aromatic rings. The lowest BCUT2D eigenvalue weighted by Crippen LogP contribution is -2.35. The van der Waals surface area contributed by atoms with E-state index in [1.165, 1.54) is 13.2 Å². The maximum Gasteiger partial charge on any atom is 0.306 e. The van der Waals surface area contributed by atoms with Crippen LogP contribution in [0.3, 0.4) is 0 Å². The zero-order chi connectivity index (χ0) is 13.1.